The molecule has 3 rings (SSSR count). The number of fused-ring (bicyclic) bond motifs is 1. The van der Waals surface area contributed by atoms with Crippen LogP contribution in [0.2, 0.25) is 0 Å². The third-order valence-electron chi connectivity index (χ3n) is 4.84. The fraction of sp³-hybridized carbons (Fsp3) is 0.318. The molecule has 0 fully saturated rings. The molecule has 0 aliphatic carbocycles. The van der Waals surface area contributed by atoms with E-state index in [-0.39, 0.29) is 23.3 Å². The fourth-order valence-electron chi connectivity index (χ4n) is 3.15. The number of hydrogen-bond acceptors (Lipinski definition) is 7. The van der Waals surface area contributed by atoms with Crippen LogP contribution >= 0.6 is 11.3 Å². The maximum absolute atomic E-state index is 12.8. The molecule has 1 aliphatic rings. The Balaban J connectivity index is 1.83. The fourth-order valence-corrected chi connectivity index (χ4v) is 4.32. The minimum atomic E-state index is -0.609. The minimum absolute atomic E-state index is 0.172. The average Bonchev–Trinajstić information content (AvgIpc) is 3.36. The zero-order valence-corrected chi connectivity index (χ0v) is 18.6. The first-order chi connectivity index (χ1) is 14.9. The number of carbonyl (C=O) groups excluding carboxylic acids is 3. The lowest BCUT2D eigenvalue weighted by atomic mass is 10.1. The number of rotatable bonds is 7. The van der Waals surface area contributed by atoms with Gasteiger partial charge in [0.25, 0.3) is 5.91 Å². The molecule has 0 bridgehead atoms. The van der Waals surface area contributed by atoms with Gasteiger partial charge in [-0.3, -0.25) is 9.59 Å². The molecule has 0 saturated carbocycles. The van der Waals surface area contributed by atoms with Crippen LogP contribution in [0.4, 0.5) is 5.00 Å². The van der Waals surface area contributed by atoms with E-state index in [0.29, 0.717) is 35.0 Å². The Bertz CT molecular complexity index is 1040. The molecule has 1 N–H and O–H groups in total. The van der Waals surface area contributed by atoms with Crippen LogP contribution in [0.25, 0.3) is 6.08 Å². The second-order valence-electron chi connectivity index (χ2n) is 6.66. The summed E-state index contributed by atoms with van der Waals surface area (Å²) in [6, 6.07) is 5.33. The van der Waals surface area contributed by atoms with E-state index in [1.54, 1.807) is 36.1 Å². The minimum Gasteiger partial charge on any atom is -0.465 e. The van der Waals surface area contributed by atoms with Crippen molar-refractivity contribution in [3.8, 4) is 11.5 Å². The number of nitrogens with zero attached hydrogens (tertiary/aromatic N) is 1. The van der Waals surface area contributed by atoms with Crippen LogP contribution in [-0.4, -0.2) is 49.7 Å². The summed E-state index contributed by atoms with van der Waals surface area (Å²) in [7, 11) is 1.26. The molecule has 1 aromatic carbocycles. The molecule has 0 radical (unpaired) electrons. The molecular formula is C22H24N2O6S. The molecule has 0 spiro atoms. The smallest absolute Gasteiger partial charge is 0.341 e. The van der Waals surface area contributed by atoms with Gasteiger partial charge in [0.2, 0.25) is 12.7 Å². The van der Waals surface area contributed by atoms with Crippen molar-refractivity contribution in [3.05, 3.63) is 45.8 Å². The Morgan fingerprint density at radius 2 is 1.90 bits per heavy atom. The summed E-state index contributed by atoms with van der Waals surface area (Å²) >= 11 is 1.07. The molecular weight excluding hydrogens is 420 g/mol. The Morgan fingerprint density at radius 3 is 2.58 bits per heavy atom. The molecule has 9 heteroatoms. The largest absolute Gasteiger partial charge is 0.465 e. The van der Waals surface area contributed by atoms with Crippen molar-refractivity contribution < 1.29 is 28.6 Å². The van der Waals surface area contributed by atoms with E-state index in [1.807, 2.05) is 13.8 Å². The van der Waals surface area contributed by atoms with Crippen molar-refractivity contribution in [2.75, 3.05) is 32.3 Å². The first-order valence-electron chi connectivity index (χ1n) is 9.79. The van der Waals surface area contributed by atoms with Gasteiger partial charge in [-0.15, -0.1) is 11.3 Å². The highest BCUT2D eigenvalue weighted by atomic mass is 32.1. The van der Waals surface area contributed by atoms with Crippen LogP contribution in [0.5, 0.6) is 11.5 Å². The number of ether oxygens (including phenoxy) is 3. The summed E-state index contributed by atoms with van der Waals surface area (Å²) in [6.45, 7) is 6.70. The molecule has 2 heterocycles. The quantitative estimate of drug-likeness (QED) is 0.517. The number of thiophene rings is 1. The van der Waals surface area contributed by atoms with Gasteiger partial charge in [-0.05, 0) is 50.1 Å². The average molecular weight is 445 g/mol. The third kappa shape index (κ3) is 4.72. The van der Waals surface area contributed by atoms with Gasteiger partial charge in [0.15, 0.2) is 11.5 Å². The van der Waals surface area contributed by atoms with Crippen molar-refractivity contribution in [3.63, 3.8) is 0 Å². The Kier molecular flexibility index (Phi) is 6.96. The van der Waals surface area contributed by atoms with Gasteiger partial charge in [-0.2, -0.15) is 0 Å². The monoisotopic (exact) mass is 444 g/mol. The van der Waals surface area contributed by atoms with Gasteiger partial charge in [0.05, 0.1) is 17.6 Å². The summed E-state index contributed by atoms with van der Waals surface area (Å²) in [5.74, 6) is 0.0371. The predicted molar refractivity (Wildman–Crippen MR) is 118 cm³/mol. The molecule has 1 aliphatic heterocycles. The van der Waals surface area contributed by atoms with Crippen molar-refractivity contribution in [2.45, 2.75) is 20.8 Å². The van der Waals surface area contributed by atoms with Crippen molar-refractivity contribution in [1.29, 1.82) is 0 Å². The van der Waals surface area contributed by atoms with Crippen LogP contribution in [-0.2, 0) is 9.53 Å². The van der Waals surface area contributed by atoms with E-state index >= 15 is 0 Å². The molecule has 31 heavy (non-hydrogen) atoms. The molecule has 2 aromatic rings. The lowest BCUT2D eigenvalue weighted by Crippen LogP contribution is -2.30. The number of amides is 2. The molecule has 2 amide bonds. The lowest BCUT2D eigenvalue weighted by molar-refractivity contribution is -0.111. The van der Waals surface area contributed by atoms with Crippen molar-refractivity contribution >= 4 is 40.2 Å². The lowest BCUT2D eigenvalue weighted by Gasteiger charge is -2.17. The summed E-state index contributed by atoms with van der Waals surface area (Å²) in [5, 5.41) is 2.98. The highest BCUT2D eigenvalue weighted by Gasteiger charge is 2.27. The molecule has 0 unspecified atom stereocenters. The van der Waals surface area contributed by atoms with Gasteiger partial charge in [-0.1, -0.05) is 6.07 Å². The second-order valence-corrected chi connectivity index (χ2v) is 7.69. The normalized spacial score (nSPS) is 12.1. The maximum atomic E-state index is 12.8. The highest BCUT2D eigenvalue weighted by Crippen LogP contribution is 2.35. The van der Waals surface area contributed by atoms with Gasteiger partial charge >= 0.3 is 5.97 Å². The van der Waals surface area contributed by atoms with Crippen molar-refractivity contribution in [1.82, 2.24) is 4.90 Å². The number of benzene rings is 1. The SMILES string of the molecule is CCN(CC)C(=O)c1sc(NC(=O)/C=C/c2ccc3c(c2)OCO3)c(C(=O)OC)c1C. The third-order valence-corrected chi connectivity index (χ3v) is 6.04. The number of esters is 1. The van der Waals surface area contributed by atoms with E-state index in [9.17, 15) is 14.4 Å². The summed E-state index contributed by atoms with van der Waals surface area (Å²) < 4.78 is 15.5. The second kappa shape index (κ2) is 9.65. The van der Waals surface area contributed by atoms with Gasteiger partial charge in [0, 0.05) is 19.2 Å². The van der Waals surface area contributed by atoms with E-state index in [1.165, 1.54) is 13.2 Å². The van der Waals surface area contributed by atoms with E-state index in [4.69, 9.17) is 14.2 Å². The first-order valence-corrected chi connectivity index (χ1v) is 10.6. The number of hydrogen-bond donors (Lipinski definition) is 1. The van der Waals surface area contributed by atoms with Crippen molar-refractivity contribution in [2.24, 2.45) is 0 Å². The topological polar surface area (TPSA) is 94.2 Å². The molecule has 0 saturated heterocycles. The summed E-state index contributed by atoms with van der Waals surface area (Å²) in [5.41, 5.74) is 1.43. The van der Waals surface area contributed by atoms with Crippen LogP contribution < -0.4 is 14.8 Å². The number of methoxy groups -OCH3 is 1. The molecule has 0 atom stereocenters. The standard InChI is InChI=1S/C22H24N2O6S/c1-5-24(6-2)21(26)19-13(3)18(22(27)28-4)20(31-19)23-17(25)10-8-14-7-9-15-16(11-14)30-12-29-15/h7-11H,5-6,12H2,1-4H3,(H,23,25)/b10-8+. The van der Waals surface area contributed by atoms with E-state index < -0.39 is 11.9 Å². The first kappa shape index (κ1) is 22.4. The van der Waals surface area contributed by atoms with Crippen LogP contribution in [0.1, 0.15) is 45.0 Å². The number of carbonyl (C=O) groups is 3. The van der Waals surface area contributed by atoms with E-state index in [0.717, 1.165) is 16.9 Å². The van der Waals surface area contributed by atoms with Crippen LogP contribution in [0.15, 0.2) is 24.3 Å². The summed E-state index contributed by atoms with van der Waals surface area (Å²) in [4.78, 5) is 39.7. The highest BCUT2D eigenvalue weighted by molar-refractivity contribution is 7.18. The van der Waals surface area contributed by atoms with Gasteiger partial charge in [0.1, 0.15) is 5.00 Å². The van der Waals surface area contributed by atoms with Gasteiger partial charge < -0.3 is 24.4 Å². The molecule has 164 valence electrons. The Hall–Kier alpha value is -3.33. The number of nitrogens with one attached hydrogen (secondary N) is 1. The van der Waals surface area contributed by atoms with Crippen LogP contribution in [0.3, 0.4) is 0 Å². The van der Waals surface area contributed by atoms with Gasteiger partial charge in [-0.25, -0.2) is 4.79 Å². The predicted octanol–water partition coefficient (Wildman–Crippen LogP) is 3.71. The molecule has 8 nitrogen and oxygen atoms in total. The maximum Gasteiger partial charge on any atom is 0.341 e. The molecule has 1 aromatic heterocycles. The van der Waals surface area contributed by atoms with Crippen LogP contribution in [0, 0.1) is 6.92 Å². The van der Waals surface area contributed by atoms with E-state index in [2.05, 4.69) is 5.32 Å². The Morgan fingerprint density at radius 1 is 1.19 bits per heavy atom. The zero-order chi connectivity index (χ0) is 22.5. The Labute approximate surface area is 184 Å². The zero-order valence-electron chi connectivity index (χ0n) is 17.8. The number of anilines is 1. The summed E-state index contributed by atoms with van der Waals surface area (Å²) in [6.07, 6.45) is 2.97.